The van der Waals surface area contributed by atoms with Crippen LogP contribution in [0.3, 0.4) is 0 Å². The van der Waals surface area contributed by atoms with Crippen molar-refractivity contribution < 1.29 is 14.0 Å². The molecular weight excluding hydrogens is 340 g/mol. The highest BCUT2D eigenvalue weighted by atomic mass is 28.4. The lowest BCUT2D eigenvalue weighted by molar-refractivity contribution is -0.137. The zero-order chi connectivity index (χ0) is 19.7. The Morgan fingerprint density at radius 3 is 2.00 bits per heavy atom. The summed E-state index contributed by atoms with van der Waals surface area (Å²) in [6.07, 6.45) is 2.33. The number of hydrogen-bond acceptors (Lipinski definition) is 3. The van der Waals surface area contributed by atoms with Crippen LogP contribution in [0, 0.1) is 0 Å². The molecule has 0 aliphatic heterocycles. The van der Waals surface area contributed by atoms with Crippen LogP contribution < -0.4 is 0 Å². The SMILES string of the molecule is CCOC(=O)/C=C(\CCO[Si](C(C)C)(C(C)C)C(C)C)c1ccccc1. The number of esters is 1. The van der Waals surface area contributed by atoms with E-state index < -0.39 is 8.32 Å². The Hall–Kier alpha value is -1.39. The maximum Gasteiger partial charge on any atom is 0.331 e. The van der Waals surface area contributed by atoms with E-state index in [2.05, 4.69) is 41.5 Å². The monoisotopic (exact) mass is 376 g/mol. The van der Waals surface area contributed by atoms with Crippen LogP contribution in [-0.2, 0) is 14.0 Å². The minimum absolute atomic E-state index is 0.286. The number of hydrogen-bond donors (Lipinski definition) is 0. The van der Waals surface area contributed by atoms with Gasteiger partial charge in [-0.3, -0.25) is 0 Å². The summed E-state index contributed by atoms with van der Waals surface area (Å²) < 4.78 is 11.8. The fourth-order valence-corrected chi connectivity index (χ4v) is 9.57. The van der Waals surface area contributed by atoms with Crippen molar-refractivity contribution in [1.29, 1.82) is 0 Å². The number of benzene rings is 1. The normalized spacial score (nSPS) is 12.9. The molecule has 0 heterocycles. The molecule has 0 saturated heterocycles. The number of rotatable bonds is 10. The lowest BCUT2D eigenvalue weighted by atomic mass is 10.0. The van der Waals surface area contributed by atoms with Crippen molar-refractivity contribution in [3.63, 3.8) is 0 Å². The van der Waals surface area contributed by atoms with Gasteiger partial charge in [0.2, 0.25) is 0 Å². The Labute approximate surface area is 160 Å². The van der Waals surface area contributed by atoms with Crippen molar-refractivity contribution >= 4 is 19.9 Å². The smallest absolute Gasteiger partial charge is 0.331 e. The lowest BCUT2D eigenvalue weighted by Crippen LogP contribution is -2.48. The number of carbonyl (C=O) groups excluding carboxylic acids is 1. The van der Waals surface area contributed by atoms with Gasteiger partial charge in [-0.15, -0.1) is 0 Å². The van der Waals surface area contributed by atoms with E-state index in [1.165, 1.54) is 0 Å². The van der Waals surface area contributed by atoms with E-state index in [9.17, 15) is 4.79 Å². The molecule has 3 nitrogen and oxygen atoms in total. The first-order chi connectivity index (χ1) is 12.3. The van der Waals surface area contributed by atoms with E-state index in [0.29, 0.717) is 36.3 Å². The minimum Gasteiger partial charge on any atom is -0.463 e. The first-order valence-electron chi connectivity index (χ1n) is 9.82. The molecule has 1 rings (SSSR count). The van der Waals surface area contributed by atoms with Crippen LogP contribution >= 0.6 is 0 Å². The van der Waals surface area contributed by atoms with Crippen molar-refractivity contribution in [3.8, 4) is 0 Å². The third-order valence-electron chi connectivity index (χ3n) is 5.15. The van der Waals surface area contributed by atoms with Gasteiger partial charge in [0.1, 0.15) is 0 Å². The zero-order valence-corrected chi connectivity index (χ0v) is 18.5. The molecular formula is C22H36O3Si. The first-order valence-corrected chi connectivity index (χ1v) is 12.0. The molecule has 146 valence electrons. The summed E-state index contributed by atoms with van der Waals surface area (Å²) in [5, 5.41) is 0. The molecule has 0 atom stereocenters. The highest BCUT2D eigenvalue weighted by molar-refractivity contribution is 6.77. The molecule has 0 unspecified atom stereocenters. The first kappa shape index (κ1) is 22.6. The molecule has 26 heavy (non-hydrogen) atoms. The molecule has 0 fully saturated rings. The molecule has 0 aromatic heterocycles. The summed E-state index contributed by atoms with van der Waals surface area (Å²) in [5.74, 6) is -0.286. The van der Waals surface area contributed by atoms with Gasteiger partial charge >= 0.3 is 5.97 Å². The largest absolute Gasteiger partial charge is 0.463 e. The molecule has 1 aromatic rings. The molecule has 0 amide bonds. The van der Waals surface area contributed by atoms with Crippen LogP contribution in [0.1, 0.15) is 60.5 Å². The second-order valence-corrected chi connectivity index (χ2v) is 13.2. The predicted molar refractivity (Wildman–Crippen MR) is 113 cm³/mol. The summed E-state index contributed by atoms with van der Waals surface area (Å²) in [6, 6.07) is 10.0. The molecule has 4 heteroatoms. The Morgan fingerprint density at radius 2 is 1.54 bits per heavy atom. The van der Waals surface area contributed by atoms with Crippen LogP contribution in [0.15, 0.2) is 36.4 Å². The van der Waals surface area contributed by atoms with Crippen molar-refractivity contribution in [2.45, 2.75) is 71.5 Å². The molecule has 0 saturated carbocycles. The molecule has 0 N–H and O–H groups in total. The van der Waals surface area contributed by atoms with Gasteiger partial charge in [0.25, 0.3) is 0 Å². The van der Waals surface area contributed by atoms with Gasteiger partial charge < -0.3 is 9.16 Å². The van der Waals surface area contributed by atoms with Crippen LogP contribution in [0.5, 0.6) is 0 Å². The lowest BCUT2D eigenvalue weighted by Gasteiger charge is -2.42. The summed E-state index contributed by atoms with van der Waals surface area (Å²) in [5.41, 5.74) is 3.68. The Bertz CT molecular complexity index is 555. The van der Waals surface area contributed by atoms with Crippen molar-refractivity contribution in [3.05, 3.63) is 42.0 Å². The van der Waals surface area contributed by atoms with Gasteiger partial charge in [-0.1, -0.05) is 71.9 Å². The molecule has 0 aliphatic rings. The average Bonchev–Trinajstić information content (AvgIpc) is 2.57. The maximum atomic E-state index is 12.0. The van der Waals surface area contributed by atoms with Gasteiger partial charge in [-0.05, 0) is 41.1 Å². The highest BCUT2D eigenvalue weighted by Gasteiger charge is 2.44. The summed E-state index contributed by atoms with van der Waals surface area (Å²) in [4.78, 5) is 12.0. The van der Waals surface area contributed by atoms with E-state index in [0.717, 1.165) is 11.1 Å². The number of ether oxygens (including phenoxy) is 1. The topological polar surface area (TPSA) is 35.5 Å². The molecule has 0 radical (unpaired) electrons. The van der Waals surface area contributed by atoms with Crippen LogP contribution in [0.4, 0.5) is 0 Å². The standard InChI is InChI=1S/C22H36O3Si/c1-8-24-22(23)16-21(20-12-10-9-11-13-20)14-15-25-26(17(2)3,18(4)5)19(6)7/h9-13,16-19H,8,14-15H2,1-7H3/b21-16+. The summed E-state index contributed by atoms with van der Waals surface area (Å²) in [7, 11) is -1.89. The second kappa shape index (κ2) is 10.7. The quantitative estimate of drug-likeness (QED) is 0.276. The third-order valence-corrected chi connectivity index (χ3v) is 11.3. The zero-order valence-electron chi connectivity index (χ0n) is 17.5. The van der Waals surface area contributed by atoms with Crippen LogP contribution in [-0.4, -0.2) is 27.5 Å². The molecule has 0 bridgehead atoms. The Kier molecular flexibility index (Phi) is 9.30. The predicted octanol–water partition coefficient (Wildman–Crippen LogP) is 6.22. The maximum absolute atomic E-state index is 12.0. The van der Waals surface area contributed by atoms with E-state index in [1.54, 1.807) is 6.08 Å². The summed E-state index contributed by atoms with van der Waals surface area (Å²) in [6.45, 7) is 16.6. The van der Waals surface area contributed by atoms with Gasteiger partial charge in [-0.2, -0.15) is 0 Å². The average molecular weight is 377 g/mol. The van der Waals surface area contributed by atoms with E-state index in [-0.39, 0.29) is 5.97 Å². The second-order valence-electron chi connectivity index (χ2n) is 7.70. The van der Waals surface area contributed by atoms with Gasteiger partial charge in [0.05, 0.1) is 6.61 Å². The van der Waals surface area contributed by atoms with Gasteiger partial charge in [-0.25, -0.2) is 4.79 Å². The van der Waals surface area contributed by atoms with E-state index in [1.807, 2.05) is 37.3 Å². The van der Waals surface area contributed by atoms with Crippen molar-refractivity contribution in [1.82, 2.24) is 0 Å². The number of carbonyl (C=O) groups is 1. The summed E-state index contributed by atoms with van der Waals surface area (Å²) >= 11 is 0. The molecule has 0 aliphatic carbocycles. The van der Waals surface area contributed by atoms with E-state index >= 15 is 0 Å². The fourth-order valence-electron chi connectivity index (χ4n) is 4.12. The van der Waals surface area contributed by atoms with Crippen LogP contribution in [0.2, 0.25) is 16.6 Å². The van der Waals surface area contributed by atoms with E-state index in [4.69, 9.17) is 9.16 Å². The minimum atomic E-state index is -1.89. The fraction of sp³-hybridized carbons (Fsp3) is 0.591. The van der Waals surface area contributed by atoms with Crippen molar-refractivity contribution in [2.75, 3.05) is 13.2 Å². The Morgan fingerprint density at radius 1 is 1.00 bits per heavy atom. The van der Waals surface area contributed by atoms with Gasteiger partial charge in [0, 0.05) is 12.7 Å². The molecule has 1 aromatic carbocycles. The Balaban J connectivity index is 2.97. The van der Waals surface area contributed by atoms with Gasteiger partial charge in [0.15, 0.2) is 8.32 Å². The highest BCUT2D eigenvalue weighted by Crippen LogP contribution is 2.42. The van der Waals surface area contributed by atoms with Crippen molar-refractivity contribution in [2.24, 2.45) is 0 Å². The van der Waals surface area contributed by atoms with Crippen LogP contribution in [0.25, 0.3) is 5.57 Å². The molecule has 0 spiro atoms. The third kappa shape index (κ3) is 5.81.